The van der Waals surface area contributed by atoms with Gasteiger partial charge in [0.2, 0.25) is 0 Å². The van der Waals surface area contributed by atoms with Crippen molar-refractivity contribution in [1.29, 1.82) is 0 Å². The number of carbonyl (C=O) groups is 1. The Balaban J connectivity index is 2.72. The van der Waals surface area contributed by atoms with E-state index in [0.29, 0.717) is 0 Å². The van der Waals surface area contributed by atoms with Gasteiger partial charge in [-0.05, 0) is 44.4 Å². The highest BCUT2D eigenvalue weighted by atomic mass is 16.3. The van der Waals surface area contributed by atoms with Gasteiger partial charge in [0.1, 0.15) is 6.29 Å². The third kappa shape index (κ3) is 2.17. The van der Waals surface area contributed by atoms with Crippen molar-refractivity contribution in [2.45, 2.75) is 52.6 Å². The van der Waals surface area contributed by atoms with Crippen molar-refractivity contribution in [2.24, 2.45) is 17.3 Å². The SMILES string of the molecule is CC1CCC(C=O)(C(C)C(C)O)CC1. The Kier molecular flexibility index (Phi) is 3.71. The van der Waals surface area contributed by atoms with Crippen molar-refractivity contribution in [1.82, 2.24) is 0 Å². The van der Waals surface area contributed by atoms with E-state index in [4.69, 9.17) is 0 Å². The molecule has 1 N–H and O–H groups in total. The Morgan fingerprint density at radius 3 is 2.21 bits per heavy atom. The minimum atomic E-state index is -0.381. The molecular formula is C12H22O2. The summed E-state index contributed by atoms with van der Waals surface area (Å²) >= 11 is 0. The van der Waals surface area contributed by atoms with Crippen molar-refractivity contribution < 1.29 is 9.90 Å². The maximum Gasteiger partial charge on any atom is 0.126 e. The summed E-state index contributed by atoms with van der Waals surface area (Å²) in [6, 6.07) is 0. The van der Waals surface area contributed by atoms with E-state index in [9.17, 15) is 9.90 Å². The van der Waals surface area contributed by atoms with Crippen molar-refractivity contribution in [3.63, 3.8) is 0 Å². The zero-order valence-corrected chi connectivity index (χ0v) is 9.49. The Bertz CT molecular complexity index is 190. The maximum absolute atomic E-state index is 11.2. The summed E-state index contributed by atoms with van der Waals surface area (Å²) in [6.45, 7) is 6.02. The Morgan fingerprint density at radius 1 is 1.36 bits per heavy atom. The van der Waals surface area contributed by atoms with Crippen LogP contribution in [0.25, 0.3) is 0 Å². The van der Waals surface area contributed by atoms with Crippen LogP contribution in [0, 0.1) is 17.3 Å². The molecule has 2 unspecified atom stereocenters. The molecule has 0 spiro atoms. The summed E-state index contributed by atoms with van der Waals surface area (Å²) in [5, 5.41) is 9.58. The van der Waals surface area contributed by atoms with Crippen LogP contribution >= 0.6 is 0 Å². The predicted octanol–water partition coefficient (Wildman–Crippen LogP) is 2.40. The first-order valence-corrected chi connectivity index (χ1v) is 5.66. The first-order valence-electron chi connectivity index (χ1n) is 5.66. The second kappa shape index (κ2) is 4.43. The van der Waals surface area contributed by atoms with Crippen LogP contribution in [0.2, 0.25) is 0 Å². The first kappa shape index (κ1) is 11.7. The number of hydrogen-bond acceptors (Lipinski definition) is 2. The fourth-order valence-corrected chi connectivity index (χ4v) is 2.46. The molecule has 0 aromatic rings. The largest absolute Gasteiger partial charge is 0.393 e. The van der Waals surface area contributed by atoms with E-state index in [-0.39, 0.29) is 17.4 Å². The van der Waals surface area contributed by atoms with E-state index in [1.54, 1.807) is 6.92 Å². The van der Waals surface area contributed by atoms with Gasteiger partial charge in [0.05, 0.1) is 6.10 Å². The van der Waals surface area contributed by atoms with Crippen LogP contribution in [-0.4, -0.2) is 17.5 Å². The molecule has 0 aliphatic heterocycles. The van der Waals surface area contributed by atoms with Gasteiger partial charge in [-0.25, -0.2) is 0 Å². The van der Waals surface area contributed by atoms with Crippen LogP contribution in [0.15, 0.2) is 0 Å². The average molecular weight is 198 g/mol. The molecule has 0 aromatic carbocycles. The smallest absolute Gasteiger partial charge is 0.126 e. The molecule has 0 saturated heterocycles. The van der Waals surface area contributed by atoms with Gasteiger partial charge in [0, 0.05) is 5.41 Å². The molecule has 82 valence electrons. The lowest BCUT2D eigenvalue weighted by Gasteiger charge is -2.40. The van der Waals surface area contributed by atoms with Gasteiger partial charge in [0.15, 0.2) is 0 Å². The molecule has 2 atom stereocenters. The van der Waals surface area contributed by atoms with Crippen LogP contribution in [-0.2, 0) is 4.79 Å². The topological polar surface area (TPSA) is 37.3 Å². The lowest BCUT2D eigenvalue weighted by molar-refractivity contribution is -0.124. The van der Waals surface area contributed by atoms with Gasteiger partial charge in [0.25, 0.3) is 0 Å². The Morgan fingerprint density at radius 2 is 1.86 bits per heavy atom. The molecule has 1 fully saturated rings. The van der Waals surface area contributed by atoms with Gasteiger partial charge in [-0.2, -0.15) is 0 Å². The minimum absolute atomic E-state index is 0.0903. The fourth-order valence-electron chi connectivity index (χ4n) is 2.46. The summed E-state index contributed by atoms with van der Waals surface area (Å²) in [5.41, 5.74) is -0.249. The highest BCUT2D eigenvalue weighted by molar-refractivity contribution is 5.60. The Labute approximate surface area is 86.7 Å². The van der Waals surface area contributed by atoms with Gasteiger partial charge in [-0.15, -0.1) is 0 Å². The van der Waals surface area contributed by atoms with Crippen molar-refractivity contribution in [3.8, 4) is 0 Å². The van der Waals surface area contributed by atoms with E-state index in [1.165, 1.54) is 0 Å². The van der Waals surface area contributed by atoms with Crippen LogP contribution in [0.3, 0.4) is 0 Å². The molecule has 1 rings (SSSR count). The number of hydrogen-bond donors (Lipinski definition) is 1. The van der Waals surface area contributed by atoms with E-state index >= 15 is 0 Å². The van der Waals surface area contributed by atoms with Crippen molar-refractivity contribution >= 4 is 6.29 Å². The average Bonchev–Trinajstić information content (AvgIpc) is 2.18. The third-order valence-corrected chi connectivity index (χ3v) is 4.07. The van der Waals surface area contributed by atoms with E-state index in [1.807, 2.05) is 6.92 Å². The standard InChI is InChI=1S/C12H22O2/c1-9-4-6-12(8-13,7-5-9)10(2)11(3)14/h8-11,14H,4-7H2,1-3H3. The Hall–Kier alpha value is -0.370. The molecule has 0 radical (unpaired) electrons. The fraction of sp³-hybridized carbons (Fsp3) is 0.917. The highest BCUT2D eigenvalue weighted by Crippen LogP contribution is 2.43. The van der Waals surface area contributed by atoms with E-state index < -0.39 is 0 Å². The number of aldehydes is 1. The van der Waals surface area contributed by atoms with E-state index in [2.05, 4.69) is 6.92 Å². The molecule has 0 amide bonds. The normalized spacial score (nSPS) is 37.6. The van der Waals surface area contributed by atoms with Crippen LogP contribution in [0.1, 0.15) is 46.5 Å². The molecule has 0 bridgehead atoms. The predicted molar refractivity (Wildman–Crippen MR) is 57.0 cm³/mol. The van der Waals surface area contributed by atoms with Crippen LogP contribution < -0.4 is 0 Å². The monoisotopic (exact) mass is 198 g/mol. The van der Waals surface area contributed by atoms with E-state index in [0.717, 1.165) is 37.9 Å². The number of rotatable bonds is 3. The first-order chi connectivity index (χ1) is 6.52. The lowest BCUT2D eigenvalue weighted by Crippen LogP contribution is -2.39. The summed E-state index contributed by atoms with van der Waals surface area (Å²) in [5.74, 6) is 0.830. The van der Waals surface area contributed by atoms with Crippen molar-refractivity contribution in [2.75, 3.05) is 0 Å². The number of aliphatic hydroxyl groups is 1. The van der Waals surface area contributed by atoms with Gasteiger partial charge in [-0.3, -0.25) is 0 Å². The second-order valence-electron chi connectivity index (χ2n) is 5.06. The lowest BCUT2D eigenvalue weighted by atomic mass is 9.64. The molecule has 0 heterocycles. The molecule has 1 aliphatic carbocycles. The number of aliphatic hydroxyl groups excluding tert-OH is 1. The second-order valence-corrected chi connectivity index (χ2v) is 5.06. The summed E-state index contributed by atoms with van der Waals surface area (Å²) in [6.07, 6.45) is 4.85. The molecule has 2 nitrogen and oxygen atoms in total. The van der Waals surface area contributed by atoms with Gasteiger partial charge < -0.3 is 9.90 Å². The zero-order chi connectivity index (χ0) is 10.8. The molecular weight excluding hydrogens is 176 g/mol. The van der Waals surface area contributed by atoms with Crippen LogP contribution in [0.4, 0.5) is 0 Å². The van der Waals surface area contributed by atoms with Gasteiger partial charge in [-0.1, -0.05) is 13.8 Å². The quantitative estimate of drug-likeness (QED) is 0.707. The van der Waals surface area contributed by atoms with Crippen molar-refractivity contribution in [3.05, 3.63) is 0 Å². The highest BCUT2D eigenvalue weighted by Gasteiger charge is 2.40. The van der Waals surface area contributed by atoms with Crippen LogP contribution in [0.5, 0.6) is 0 Å². The summed E-state index contributed by atoms with van der Waals surface area (Å²) < 4.78 is 0. The zero-order valence-electron chi connectivity index (χ0n) is 9.49. The summed E-state index contributed by atoms with van der Waals surface area (Å²) in [7, 11) is 0. The summed E-state index contributed by atoms with van der Waals surface area (Å²) in [4.78, 5) is 11.2. The third-order valence-electron chi connectivity index (χ3n) is 4.07. The molecule has 14 heavy (non-hydrogen) atoms. The molecule has 1 aliphatic rings. The molecule has 0 aromatic heterocycles. The number of carbonyl (C=O) groups excluding carboxylic acids is 1. The van der Waals surface area contributed by atoms with Gasteiger partial charge >= 0.3 is 0 Å². The minimum Gasteiger partial charge on any atom is -0.393 e. The molecule has 2 heteroatoms. The molecule has 1 saturated carbocycles. The maximum atomic E-state index is 11.2.